The molecule has 1 atom stereocenters. The molecule has 72 valence electrons. The molecular weight excluding hydrogens is 174 g/mol. The van der Waals surface area contributed by atoms with Gasteiger partial charge in [-0.3, -0.25) is 14.5 Å². The lowest BCUT2D eigenvalue weighted by atomic mass is 10.2. The Labute approximate surface area is 75.3 Å². The number of nitrogens with zero attached hydrogens (tertiary/aromatic N) is 1. The van der Waals surface area contributed by atoms with Gasteiger partial charge in [0.25, 0.3) is 0 Å². The van der Waals surface area contributed by atoms with Crippen LogP contribution in [0.3, 0.4) is 0 Å². The van der Waals surface area contributed by atoms with Crippen LogP contribution in [0.4, 0.5) is 0 Å². The first-order valence-electron chi connectivity index (χ1n) is 4.15. The standard InChI is InChI=1S/C8H11NO4/c1-2-5(8(12)13)9-6(10)3-4-7(9)11/h5H,2-4H2,1H3,(H,12,13)/t5-/m1/s1. The third kappa shape index (κ3) is 1.68. The van der Waals surface area contributed by atoms with E-state index in [0.717, 1.165) is 4.90 Å². The first-order chi connectivity index (χ1) is 6.07. The molecule has 2 amide bonds. The van der Waals surface area contributed by atoms with Crippen LogP contribution in [0.2, 0.25) is 0 Å². The fourth-order valence-corrected chi connectivity index (χ4v) is 1.41. The summed E-state index contributed by atoms with van der Waals surface area (Å²) >= 11 is 0. The van der Waals surface area contributed by atoms with Crippen LogP contribution >= 0.6 is 0 Å². The minimum absolute atomic E-state index is 0.141. The number of imide groups is 1. The van der Waals surface area contributed by atoms with Crippen molar-refractivity contribution in [1.82, 2.24) is 4.90 Å². The number of amides is 2. The van der Waals surface area contributed by atoms with E-state index in [1.54, 1.807) is 6.92 Å². The molecule has 0 bridgehead atoms. The highest BCUT2D eigenvalue weighted by Crippen LogP contribution is 2.17. The molecule has 5 nitrogen and oxygen atoms in total. The molecule has 1 N–H and O–H groups in total. The van der Waals surface area contributed by atoms with Gasteiger partial charge in [0, 0.05) is 12.8 Å². The van der Waals surface area contributed by atoms with Crippen LogP contribution in [0.25, 0.3) is 0 Å². The van der Waals surface area contributed by atoms with Crippen LogP contribution in [0.1, 0.15) is 26.2 Å². The Kier molecular flexibility index (Phi) is 2.65. The van der Waals surface area contributed by atoms with Crippen LogP contribution in [-0.4, -0.2) is 33.8 Å². The highest BCUT2D eigenvalue weighted by atomic mass is 16.4. The normalized spacial score (nSPS) is 19.3. The van der Waals surface area contributed by atoms with Crippen molar-refractivity contribution in [2.24, 2.45) is 0 Å². The number of carbonyl (C=O) groups is 3. The zero-order valence-electron chi connectivity index (χ0n) is 7.32. The molecule has 0 saturated carbocycles. The van der Waals surface area contributed by atoms with Crippen LogP contribution < -0.4 is 0 Å². The van der Waals surface area contributed by atoms with Crippen molar-refractivity contribution in [3.63, 3.8) is 0 Å². The maximum atomic E-state index is 11.1. The second kappa shape index (κ2) is 3.55. The molecule has 1 saturated heterocycles. The number of hydrogen-bond donors (Lipinski definition) is 1. The van der Waals surface area contributed by atoms with Crippen LogP contribution in [0.15, 0.2) is 0 Å². The van der Waals surface area contributed by atoms with Crippen molar-refractivity contribution in [2.75, 3.05) is 0 Å². The maximum Gasteiger partial charge on any atom is 0.326 e. The second-order valence-corrected chi connectivity index (χ2v) is 2.92. The smallest absolute Gasteiger partial charge is 0.326 e. The number of likely N-dealkylation sites (tertiary alicyclic amines) is 1. The molecule has 13 heavy (non-hydrogen) atoms. The van der Waals surface area contributed by atoms with Gasteiger partial charge in [0.2, 0.25) is 11.8 Å². The summed E-state index contributed by atoms with van der Waals surface area (Å²) in [6.45, 7) is 1.64. The monoisotopic (exact) mass is 185 g/mol. The van der Waals surface area contributed by atoms with Crippen LogP contribution in [0, 0.1) is 0 Å². The van der Waals surface area contributed by atoms with Gasteiger partial charge >= 0.3 is 5.97 Å². The third-order valence-electron chi connectivity index (χ3n) is 2.07. The van der Waals surface area contributed by atoms with E-state index in [1.165, 1.54) is 0 Å². The Balaban J connectivity index is 2.84. The summed E-state index contributed by atoms with van der Waals surface area (Å²) < 4.78 is 0. The predicted molar refractivity (Wildman–Crippen MR) is 42.8 cm³/mol. The van der Waals surface area contributed by atoms with E-state index in [-0.39, 0.29) is 31.1 Å². The summed E-state index contributed by atoms with van der Waals surface area (Å²) in [6.07, 6.45) is 0.540. The van der Waals surface area contributed by atoms with E-state index in [9.17, 15) is 14.4 Å². The van der Waals surface area contributed by atoms with Gasteiger partial charge in [-0.2, -0.15) is 0 Å². The maximum absolute atomic E-state index is 11.1. The lowest BCUT2D eigenvalue weighted by Gasteiger charge is -2.20. The van der Waals surface area contributed by atoms with E-state index < -0.39 is 12.0 Å². The van der Waals surface area contributed by atoms with Gasteiger partial charge in [-0.15, -0.1) is 0 Å². The van der Waals surface area contributed by atoms with Gasteiger partial charge in [-0.1, -0.05) is 6.92 Å². The van der Waals surface area contributed by atoms with Crippen molar-refractivity contribution >= 4 is 17.8 Å². The molecule has 5 heteroatoms. The molecule has 1 aliphatic heterocycles. The third-order valence-corrected chi connectivity index (χ3v) is 2.07. The minimum Gasteiger partial charge on any atom is -0.480 e. The first-order valence-corrected chi connectivity index (χ1v) is 4.15. The van der Waals surface area contributed by atoms with Gasteiger partial charge in [-0.05, 0) is 6.42 Å². The van der Waals surface area contributed by atoms with Crippen molar-refractivity contribution < 1.29 is 19.5 Å². The Morgan fingerprint density at radius 1 is 1.46 bits per heavy atom. The molecule has 0 unspecified atom stereocenters. The molecule has 0 aromatic carbocycles. The number of carboxylic acid groups (broad SMARTS) is 1. The van der Waals surface area contributed by atoms with Gasteiger partial charge in [-0.25, -0.2) is 4.79 Å². The summed E-state index contributed by atoms with van der Waals surface area (Å²) in [7, 11) is 0. The first kappa shape index (κ1) is 9.70. The molecule has 1 rings (SSSR count). The van der Waals surface area contributed by atoms with Crippen LogP contribution in [-0.2, 0) is 14.4 Å². The zero-order chi connectivity index (χ0) is 10.0. The highest BCUT2D eigenvalue weighted by Gasteiger charge is 2.37. The molecule has 0 aliphatic carbocycles. The predicted octanol–water partition coefficient (Wildman–Crippen LogP) is -0.00140. The second-order valence-electron chi connectivity index (χ2n) is 2.92. The molecule has 1 fully saturated rings. The van der Waals surface area contributed by atoms with Crippen molar-refractivity contribution in [1.29, 1.82) is 0 Å². The Hall–Kier alpha value is -1.39. The number of carboxylic acids is 1. The Morgan fingerprint density at radius 3 is 2.23 bits per heavy atom. The van der Waals surface area contributed by atoms with Gasteiger partial charge in [0.15, 0.2) is 0 Å². The largest absolute Gasteiger partial charge is 0.480 e. The van der Waals surface area contributed by atoms with Crippen molar-refractivity contribution in [3.05, 3.63) is 0 Å². The number of rotatable bonds is 3. The average Bonchev–Trinajstić information content (AvgIpc) is 2.36. The summed E-state index contributed by atoms with van der Waals surface area (Å²) in [6, 6.07) is -0.984. The lowest BCUT2D eigenvalue weighted by molar-refractivity contribution is -0.154. The summed E-state index contributed by atoms with van der Waals surface area (Å²) in [5, 5.41) is 8.72. The van der Waals surface area contributed by atoms with Crippen LogP contribution in [0.5, 0.6) is 0 Å². The van der Waals surface area contributed by atoms with E-state index in [4.69, 9.17) is 5.11 Å². The summed E-state index contributed by atoms with van der Waals surface area (Å²) in [5.74, 6) is -1.87. The molecule has 1 aliphatic rings. The van der Waals surface area contributed by atoms with E-state index >= 15 is 0 Å². The van der Waals surface area contributed by atoms with E-state index in [1.807, 2.05) is 0 Å². The molecule has 0 radical (unpaired) electrons. The molecular formula is C8H11NO4. The fraction of sp³-hybridized carbons (Fsp3) is 0.625. The molecule has 0 aromatic rings. The van der Waals surface area contributed by atoms with Gasteiger partial charge in [0.05, 0.1) is 0 Å². The molecule has 0 spiro atoms. The molecule has 0 aromatic heterocycles. The Morgan fingerprint density at radius 2 is 1.92 bits per heavy atom. The van der Waals surface area contributed by atoms with Crippen molar-refractivity contribution in [3.8, 4) is 0 Å². The highest BCUT2D eigenvalue weighted by molar-refractivity contribution is 6.04. The summed E-state index contributed by atoms with van der Waals surface area (Å²) in [4.78, 5) is 33.8. The molecule has 1 heterocycles. The lowest BCUT2D eigenvalue weighted by Crippen LogP contribution is -2.43. The average molecular weight is 185 g/mol. The zero-order valence-corrected chi connectivity index (χ0v) is 7.32. The van der Waals surface area contributed by atoms with Gasteiger partial charge < -0.3 is 5.11 Å². The van der Waals surface area contributed by atoms with E-state index in [2.05, 4.69) is 0 Å². The minimum atomic E-state index is -1.12. The summed E-state index contributed by atoms with van der Waals surface area (Å²) in [5.41, 5.74) is 0. The quantitative estimate of drug-likeness (QED) is 0.628. The number of carbonyl (C=O) groups excluding carboxylic acids is 2. The number of aliphatic carboxylic acids is 1. The topological polar surface area (TPSA) is 74.7 Å². The van der Waals surface area contributed by atoms with Gasteiger partial charge in [0.1, 0.15) is 6.04 Å². The van der Waals surface area contributed by atoms with Crippen molar-refractivity contribution in [2.45, 2.75) is 32.2 Å². The number of hydrogen-bond acceptors (Lipinski definition) is 3. The SMILES string of the molecule is CC[C@H](C(=O)O)N1C(=O)CCC1=O. The Bertz CT molecular complexity index is 245. The fourth-order valence-electron chi connectivity index (χ4n) is 1.41. The van der Waals surface area contributed by atoms with E-state index in [0.29, 0.717) is 0 Å².